The number of imidazole rings is 1. The molecule has 160 valence electrons. The number of hydrogen-bond acceptors (Lipinski definition) is 4. The first-order valence-corrected chi connectivity index (χ1v) is 10.3. The van der Waals surface area contributed by atoms with Gasteiger partial charge in [0.1, 0.15) is 5.69 Å². The fourth-order valence-corrected chi connectivity index (χ4v) is 3.67. The molecule has 0 aliphatic rings. The molecule has 0 aliphatic carbocycles. The van der Waals surface area contributed by atoms with Crippen molar-refractivity contribution in [2.75, 3.05) is 0 Å². The molecule has 1 unspecified atom stereocenters. The van der Waals surface area contributed by atoms with Gasteiger partial charge in [-0.05, 0) is 61.0 Å². The Kier molecular flexibility index (Phi) is 4.91. The maximum atomic E-state index is 13.0. The highest BCUT2D eigenvalue weighted by Gasteiger charge is 2.20. The Morgan fingerprint density at radius 2 is 1.88 bits per heavy atom. The van der Waals surface area contributed by atoms with E-state index in [0.717, 1.165) is 11.3 Å². The number of fused-ring (bicyclic) bond motifs is 1. The zero-order valence-electron chi connectivity index (χ0n) is 16.9. The SMILES string of the molecule is CC(NC(=O)c1cc(-c2ccco2)n(-c2ccc(Cl)cc2)n1)c1ccc2[nH]c(=O)[nH]c2c1. The molecule has 5 rings (SSSR count). The monoisotopic (exact) mass is 447 g/mol. The van der Waals surface area contributed by atoms with Crippen LogP contribution in [-0.2, 0) is 0 Å². The molecule has 0 aliphatic heterocycles. The van der Waals surface area contributed by atoms with E-state index < -0.39 is 0 Å². The van der Waals surface area contributed by atoms with Crippen LogP contribution in [0.15, 0.2) is 76.1 Å². The van der Waals surface area contributed by atoms with Gasteiger partial charge in [-0.2, -0.15) is 5.10 Å². The molecule has 3 N–H and O–H groups in total. The molecule has 0 saturated heterocycles. The van der Waals surface area contributed by atoms with Gasteiger partial charge in [0.25, 0.3) is 5.91 Å². The summed E-state index contributed by atoms with van der Waals surface area (Å²) >= 11 is 6.01. The fraction of sp³-hybridized carbons (Fsp3) is 0.0870. The summed E-state index contributed by atoms with van der Waals surface area (Å²) in [7, 11) is 0. The molecule has 2 aromatic carbocycles. The van der Waals surface area contributed by atoms with Gasteiger partial charge in [-0.3, -0.25) is 4.79 Å². The third-order valence-electron chi connectivity index (χ3n) is 5.17. The highest BCUT2D eigenvalue weighted by molar-refractivity contribution is 6.30. The quantitative estimate of drug-likeness (QED) is 0.370. The van der Waals surface area contributed by atoms with Crippen LogP contribution in [-0.4, -0.2) is 25.7 Å². The van der Waals surface area contributed by atoms with Crippen molar-refractivity contribution in [2.24, 2.45) is 0 Å². The number of rotatable bonds is 5. The lowest BCUT2D eigenvalue weighted by Crippen LogP contribution is -2.27. The van der Waals surface area contributed by atoms with Gasteiger partial charge in [0.15, 0.2) is 11.5 Å². The first-order chi connectivity index (χ1) is 15.5. The second-order valence-corrected chi connectivity index (χ2v) is 7.80. The van der Waals surface area contributed by atoms with Gasteiger partial charge < -0.3 is 19.7 Å². The summed E-state index contributed by atoms with van der Waals surface area (Å²) in [6.07, 6.45) is 1.57. The van der Waals surface area contributed by atoms with Crippen LogP contribution >= 0.6 is 11.6 Å². The predicted octanol–water partition coefficient (Wildman–Crippen LogP) is 4.45. The second-order valence-electron chi connectivity index (χ2n) is 7.36. The fourth-order valence-electron chi connectivity index (χ4n) is 3.54. The molecule has 9 heteroatoms. The Balaban J connectivity index is 1.45. The maximum absolute atomic E-state index is 13.0. The molecule has 1 atom stereocenters. The number of amides is 1. The second kappa shape index (κ2) is 7.90. The first-order valence-electron chi connectivity index (χ1n) is 9.90. The van der Waals surface area contributed by atoms with Crippen LogP contribution in [0.5, 0.6) is 0 Å². The first kappa shape index (κ1) is 19.9. The third-order valence-corrected chi connectivity index (χ3v) is 5.43. The number of hydrogen-bond donors (Lipinski definition) is 3. The molecule has 32 heavy (non-hydrogen) atoms. The molecule has 3 aromatic heterocycles. The molecule has 5 aromatic rings. The number of nitrogens with one attached hydrogen (secondary N) is 3. The highest BCUT2D eigenvalue weighted by atomic mass is 35.5. The Hall–Kier alpha value is -4.04. The lowest BCUT2D eigenvalue weighted by molar-refractivity contribution is 0.0934. The molecule has 0 radical (unpaired) electrons. The van der Waals surface area contributed by atoms with E-state index in [1.807, 2.05) is 31.2 Å². The van der Waals surface area contributed by atoms with Crippen molar-refractivity contribution >= 4 is 28.5 Å². The van der Waals surface area contributed by atoms with Crippen molar-refractivity contribution in [3.05, 3.63) is 93.7 Å². The Morgan fingerprint density at radius 1 is 1.09 bits per heavy atom. The molecule has 0 bridgehead atoms. The topological polar surface area (TPSA) is 109 Å². The van der Waals surface area contributed by atoms with E-state index in [1.54, 1.807) is 47.3 Å². The Labute approximate surface area is 186 Å². The zero-order valence-corrected chi connectivity index (χ0v) is 17.7. The number of H-pyrrole nitrogens is 2. The van der Waals surface area contributed by atoms with Gasteiger partial charge in [0, 0.05) is 11.1 Å². The average molecular weight is 448 g/mol. The highest BCUT2D eigenvalue weighted by Crippen LogP contribution is 2.26. The largest absolute Gasteiger partial charge is 0.463 e. The van der Waals surface area contributed by atoms with E-state index in [4.69, 9.17) is 16.0 Å². The summed E-state index contributed by atoms with van der Waals surface area (Å²) < 4.78 is 7.19. The van der Waals surface area contributed by atoms with Crippen molar-refractivity contribution in [1.29, 1.82) is 0 Å². The number of aromatic amines is 2. The van der Waals surface area contributed by atoms with Gasteiger partial charge in [-0.15, -0.1) is 0 Å². The zero-order chi connectivity index (χ0) is 22.2. The standard InChI is InChI=1S/C23H18ClN5O3/c1-13(14-4-9-17-18(11-14)27-23(31)26-17)25-22(30)19-12-20(21-3-2-10-32-21)29(28-19)16-7-5-15(24)6-8-16/h2-13H,1H3,(H,25,30)(H2,26,27,31). The Bertz CT molecular complexity index is 1460. The van der Waals surface area contributed by atoms with Crippen molar-refractivity contribution in [3.8, 4) is 17.1 Å². The number of halogens is 1. The smallest absolute Gasteiger partial charge is 0.323 e. The maximum Gasteiger partial charge on any atom is 0.323 e. The van der Waals surface area contributed by atoms with Crippen LogP contribution in [0.4, 0.5) is 0 Å². The van der Waals surface area contributed by atoms with E-state index in [1.165, 1.54) is 0 Å². The van der Waals surface area contributed by atoms with Gasteiger partial charge in [0.2, 0.25) is 0 Å². The molecule has 0 saturated carbocycles. The van der Waals surface area contributed by atoms with E-state index in [9.17, 15) is 9.59 Å². The minimum absolute atomic E-state index is 0.245. The summed E-state index contributed by atoms with van der Waals surface area (Å²) in [4.78, 5) is 29.9. The summed E-state index contributed by atoms with van der Waals surface area (Å²) in [5.41, 5.74) is 3.60. The summed E-state index contributed by atoms with van der Waals surface area (Å²) in [6.45, 7) is 1.87. The van der Waals surface area contributed by atoms with Crippen LogP contribution in [0.25, 0.3) is 28.2 Å². The number of benzene rings is 2. The van der Waals surface area contributed by atoms with Crippen LogP contribution in [0.1, 0.15) is 29.0 Å². The van der Waals surface area contributed by atoms with Crippen LogP contribution in [0.3, 0.4) is 0 Å². The van der Waals surface area contributed by atoms with Gasteiger partial charge >= 0.3 is 5.69 Å². The minimum atomic E-state index is -0.333. The number of aromatic nitrogens is 4. The van der Waals surface area contributed by atoms with Gasteiger partial charge in [-0.1, -0.05) is 17.7 Å². The molecule has 0 fully saturated rings. The van der Waals surface area contributed by atoms with E-state index in [-0.39, 0.29) is 23.3 Å². The van der Waals surface area contributed by atoms with Crippen molar-refractivity contribution in [2.45, 2.75) is 13.0 Å². The summed E-state index contributed by atoms with van der Waals surface area (Å²) in [5, 5.41) is 8.08. The van der Waals surface area contributed by atoms with Gasteiger partial charge in [0.05, 0.1) is 29.0 Å². The lowest BCUT2D eigenvalue weighted by Gasteiger charge is -2.13. The van der Waals surface area contributed by atoms with Crippen molar-refractivity contribution in [1.82, 2.24) is 25.1 Å². The summed E-state index contributed by atoms with van der Waals surface area (Å²) in [5.74, 6) is 0.252. The van der Waals surface area contributed by atoms with E-state index >= 15 is 0 Å². The third kappa shape index (κ3) is 3.72. The summed E-state index contributed by atoms with van der Waals surface area (Å²) in [6, 6.07) is 17.6. The predicted molar refractivity (Wildman–Crippen MR) is 121 cm³/mol. The van der Waals surface area contributed by atoms with Crippen molar-refractivity contribution in [3.63, 3.8) is 0 Å². The minimum Gasteiger partial charge on any atom is -0.463 e. The average Bonchev–Trinajstić information content (AvgIpc) is 3.52. The number of nitrogens with zero attached hydrogens (tertiary/aromatic N) is 2. The van der Waals surface area contributed by atoms with Crippen LogP contribution in [0, 0.1) is 0 Å². The van der Waals surface area contributed by atoms with Crippen LogP contribution < -0.4 is 11.0 Å². The van der Waals surface area contributed by atoms with Gasteiger partial charge in [-0.25, -0.2) is 9.48 Å². The number of carbonyl (C=O) groups is 1. The van der Waals surface area contributed by atoms with E-state index in [0.29, 0.717) is 27.5 Å². The molecular formula is C23H18ClN5O3. The molecule has 0 spiro atoms. The normalized spacial score (nSPS) is 12.2. The van der Waals surface area contributed by atoms with Crippen molar-refractivity contribution < 1.29 is 9.21 Å². The van der Waals surface area contributed by atoms with E-state index in [2.05, 4.69) is 20.4 Å². The molecular weight excluding hydrogens is 430 g/mol. The lowest BCUT2D eigenvalue weighted by atomic mass is 10.1. The number of carbonyl (C=O) groups excluding carboxylic acids is 1. The number of furan rings is 1. The molecule has 1 amide bonds. The molecule has 8 nitrogen and oxygen atoms in total. The molecule has 3 heterocycles. The Morgan fingerprint density at radius 3 is 2.62 bits per heavy atom. The van der Waals surface area contributed by atoms with Crippen LogP contribution in [0.2, 0.25) is 5.02 Å².